The summed E-state index contributed by atoms with van der Waals surface area (Å²) in [6, 6.07) is 4.48. The van der Waals surface area contributed by atoms with Gasteiger partial charge in [0.2, 0.25) is 0 Å². The molecule has 0 saturated carbocycles. The number of rotatable bonds is 0. The van der Waals surface area contributed by atoms with E-state index in [1.54, 1.807) is 12.1 Å². The van der Waals surface area contributed by atoms with Gasteiger partial charge >= 0.3 is 0 Å². The first-order valence-corrected chi connectivity index (χ1v) is 3.48. The van der Waals surface area contributed by atoms with E-state index in [9.17, 15) is 4.39 Å². The molecule has 0 aliphatic carbocycles. The van der Waals surface area contributed by atoms with Crippen LogP contribution in [0.4, 0.5) is 4.39 Å². The summed E-state index contributed by atoms with van der Waals surface area (Å²) in [6.45, 7) is 0. The molecule has 1 aromatic carbocycles. The zero-order valence-corrected chi connectivity index (χ0v) is 6.23. The summed E-state index contributed by atoms with van der Waals surface area (Å²) in [5.41, 5.74) is 0.608. The van der Waals surface area contributed by atoms with Crippen molar-refractivity contribution in [1.82, 2.24) is 0 Å². The van der Waals surface area contributed by atoms with Crippen LogP contribution in [0.3, 0.4) is 0 Å². The summed E-state index contributed by atoms with van der Waals surface area (Å²) in [5.74, 6) is -0.416. The molecule has 0 fully saturated rings. The Labute approximate surface area is 67.4 Å². The third kappa shape index (κ3) is 0.906. The van der Waals surface area contributed by atoms with E-state index >= 15 is 0 Å². The second-order valence-corrected chi connectivity index (χ2v) is 2.57. The topological polar surface area (TPSA) is 13.1 Å². The van der Waals surface area contributed by atoms with Crippen molar-refractivity contribution >= 4 is 22.6 Å². The van der Waals surface area contributed by atoms with Crippen molar-refractivity contribution in [3.05, 3.63) is 35.3 Å². The molecular weight excluding hydrogens is 167 g/mol. The second-order valence-electron chi connectivity index (χ2n) is 2.19. The molecule has 1 aromatic heterocycles. The number of furan rings is 1. The van der Waals surface area contributed by atoms with Gasteiger partial charge in [0.15, 0.2) is 0 Å². The summed E-state index contributed by atoms with van der Waals surface area (Å²) in [7, 11) is 0. The van der Waals surface area contributed by atoms with E-state index in [1.807, 2.05) is 0 Å². The van der Waals surface area contributed by atoms with Crippen LogP contribution < -0.4 is 0 Å². The summed E-state index contributed by atoms with van der Waals surface area (Å²) in [6.07, 6.45) is 1.48. The van der Waals surface area contributed by atoms with E-state index < -0.39 is 5.82 Å². The van der Waals surface area contributed by atoms with E-state index in [4.69, 9.17) is 16.0 Å². The van der Waals surface area contributed by atoms with Crippen molar-refractivity contribution < 1.29 is 8.81 Å². The van der Waals surface area contributed by atoms with Crippen LogP contribution in [0.25, 0.3) is 11.0 Å². The van der Waals surface area contributed by atoms with Gasteiger partial charge < -0.3 is 4.42 Å². The van der Waals surface area contributed by atoms with E-state index in [-0.39, 0.29) is 5.02 Å². The molecule has 1 heterocycles. The predicted molar refractivity (Wildman–Crippen MR) is 41.2 cm³/mol. The zero-order valence-electron chi connectivity index (χ0n) is 5.47. The molecule has 0 saturated heterocycles. The largest absolute Gasteiger partial charge is 0.464 e. The highest BCUT2D eigenvalue weighted by Gasteiger charge is 2.05. The van der Waals surface area contributed by atoms with Crippen molar-refractivity contribution in [2.75, 3.05) is 0 Å². The van der Waals surface area contributed by atoms with Gasteiger partial charge in [-0.2, -0.15) is 0 Å². The molecule has 0 aliphatic heterocycles. The first kappa shape index (κ1) is 6.68. The number of hydrogen-bond acceptors (Lipinski definition) is 1. The zero-order chi connectivity index (χ0) is 7.84. The fourth-order valence-electron chi connectivity index (χ4n) is 0.982. The Balaban J connectivity index is 2.93. The van der Waals surface area contributed by atoms with Gasteiger partial charge in [-0.05, 0) is 18.2 Å². The highest BCUT2D eigenvalue weighted by Crippen LogP contribution is 2.26. The Hall–Kier alpha value is -1.02. The van der Waals surface area contributed by atoms with Gasteiger partial charge in [-0.3, -0.25) is 0 Å². The summed E-state index contributed by atoms with van der Waals surface area (Å²) in [4.78, 5) is 0. The normalized spacial score (nSPS) is 10.7. The molecule has 1 nitrogen and oxygen atoms in total. The third-order valence-corrected chi connectivity index (χ3v) is 1.91. The molecule has 3 heteroatoms. The molecule has 0 radical (unpaired) electrons. The van der Waals surface area contributed by atoms with E-state index in [2.05, 4.69) is 0 Å². The van der Waals surface area contributed by atoms with Gasteiger partial charge in [-0.25, -0.2) is 4.39 Å². The molecule has 0 bridgehead atoms. The molecule has 2 rings (SSSR count). The minimum atomic E-state index is -0.416. The van der Waals surface area contributed by atoms with Crippen LogP contribution >= 0.6 is 11.6 Å². The van der Waals surface area contributed by atoms with Crippen molar-refractivity contribution in [1.29, 1.82) is 0 Å². The third-order valence-electron chi connectivity index (χ3n) is 1.52. The lowest BCUT2D eigenvalue weighted by molar-refractivity contribution is 0.610. The summed E-state index contributed by atoms with van der Waals surface area (Å²) >= 11 is 5.63. The second kappa shape index (κ2) is 2.24. The molecule has 0 atom stereocenters. The molecular formula is C8H4ClFO. The molecule has 0 aliphatic rings. The van der Waals surface area contributed by atoms with Gasteiger partial charge in [0.1, 0.15) is 11.4 Å². The van der Waals surface area contributed by atoms with Crippen LogP contribution in [-0.4, -0.2) is 0 Å². The molecule has 0 amide bonds. The van der Waals surface area contributed by atoms with Crippen LogP contribution in [0.1, 0.15) is 0 Å². The van der Waals surface area contributed by atoms with Crippen LogP contribution in [0.5, 0.6) is 0 Å². The monoisotopic (exact) mass is 170 g/mol. The maximum Gasteiger partial charge on any atom is 0.142 e. The minimum Gasteiger partial charge on any atom is -0.464 e. The maximum atomic E-state index is 12.8. The van der Waals surface area contributed by atoms with Crippen molar-refractivity contribution in [2.45, 2.75) is 0 Å². The Kier molecular flexibility index (Phi) is 1.36. The fraction of sp³-hybridized carbons (Fsp3) is 0. The number of fused-ring (bicyclic) bond motifs is 1. The molecule has 2 aromatic rings. The Morgan fingerprint density at radius 2 is 2.09 bits per heavy atom. The smallest absolute Gasteiger partial charge is 0.142 e. The van der Waals surface area contributed by atoms with Crippen LogP contribution in [0, 0.1) is 5.82 Å². The van der Waals surface area contributed by atoms with Crippen LogP contribution in [0.15, 0.2) is 28.9 Å². The van der Waals surface area contributed by atoms with Gasteiger partial charge in [0, 0.05) is 5.39 Å². The lowest BCUT2D eigenvalue weighted by Crippen LogP contribution is -1.74. The minimum absolute atomic E-state index is 0.122. The molecule has 0 unspecified atom stereocenters. The average molecular weight is 171 g/mol. The van der Waals surface area contributed by atoms with Crippen molar-refractivity contribution in [3.63, 3.8) is 0 Å². The highest BCUT2D eigenvalue weighted by atomic mass is 35.5. The van der Waals surface area contributed by atoms with E-state index in [0.29, 0.717) is 11.0 Å². The Bertz CT molecular complexity index is 394. The number of hydrogen-bond donors (Lipinski definition) is 0. The highest BCUT2D eigenvalue weighted by molar-refractivity contribution is 6.35. The first-order chi connectivity index (χ1) is 5.29. The Morgan fingerprint density at radius 3 is 2.91 bits per heavy atom. The summed E-state index contributed by atoms with van der Waals surface area (Å²) < 4.78 is 17.8. The fourth-order valence-corrected chi connectivity index (χ4v) is 1.20. The predicted octanol–water partition coefficient (Wildman–Crippen LogP) is 3.23. The standard InChI is InChI=1S/C8H4ClFO/c9-8-5-3-4-11-7(5)2-1-6(8)10/h1-4H. The number of halogens is 2. The van der Waals surface area contributed by atoms with Gasteiger partial charge in [-0.1, -0.05) is 11.6 Å². The van der Waals surface area contributed by atoms with Crippen LogP contribution in [0.2, 0.25) is 5.02 Å². The van der Waals surface area contributed by atoms with Crippen LogP contribution in [-0.2, 0) is 0 Å². The number of benzene rings is 1. The van der Waals surface area contributed by atoms with Gasteiger partial charge in [-0.15, -0.1) is 0 Å². The van der Waals surface area contributed by atoms with Gasteiger partial charge in [0.05, 0.1) is 11.3 Å². The Morgan fingerprint density at radius 1 is 1.27 bits per heavy atom. The van der Waals surface area contributed by atoms with E-state index in [1.165, 1.54) is 12.3 Å². The lowest BCUT2D eigenvalue weighted by Gasteiger charge is -1.92. The van der Waals surface area contributed by atoms with Gasteiger partial charge in [0.25, 0.3) is 0 Å². The SMILES string of the molecule is Fc1ccc2occc2c1Cl. The molecule has 0 spiro atoms. The van der Waals surface area contributed by atoms with Crippen molar-refractivity contribution in [2.24, 2.45) is 0 Å². The molecule has 56 valence electrons. The first-order valence-electron chi connectivity index (χ1n) is 3.10. The lowest BCUT2D eigenvalue weighted by atomic mass is 10.2. The van der Waals surface area contributed by atoms with E-state index in [0.717, 1.165) is 0 Å². The molecule has 0 N–H and O–H groups in total. The average Bonchev–Trinajstić information content (AvgIpc) is 2.45. The quantitative estimate of drug-likeness (QED) is 0.592. The maximum absolute atomic E-state index is 12.8. The molecule has 11 heavy (non-hydrogen) atoms. The summed E-state index contributed by atoms with van der Waals surface area (Å²) in [5, 5.41) is 0.739. The van der Waals surface area contributed by atoms with Crippen molar-refractivity contribution in [3.8, 4) is 0 Å².